The number of aliphatic carboxylic acids is 1. The summed E-state index contributed by atoms with van der Waals surface area (Å²) in [6, 6.07) is 18.3. The van der Waals surface area contributed by atoms with Gasteiger partial charge in [-0.3, -0.25) is 9.59 Å². The van der Waals surface area contributed by atoms with Crippen LogP contribution in [0.2, 0.25) is 0 Å². The van der Waals surface area contributed by atoms with Crippen LogP contribution in [-0.4, -0.2) is 39.3 Å². The summed E-state index contributed by atoms with van der Waals surface area (Å²) < 4.78 is -0.875. The van der Waals surface area contributed by atoms with Gasteiger partial charge in [0.15, 0.2) is 0 Å². The quantitative estimate of drug-likeness (QED) is 0.798. The smallest absolute Gasteiger partial charge is 0.313 e. The predicted octanol–water partition coefficient (Wildman–Crippen LogP) is 2.65. The van der Waals surface area contributed by atoms with Crippen LogP contribution < -0.4 is 5.73 Å². The number of nitrogens with zero attached hydrogens (tertiary/aromatic N) is 1. The SMILES string of the molecule is CC1N2C(=O)C(N)[C@H]2SC(c2ccccc2)(c2ccccc2)C1(C)C(=O)O. The van der Waals surface area contributed by atoms with Crippen molar-refractivity contribution in [3.63, 3.8) is 0 Å². The highest BCUT2D eigenvalue weighted by Gasteiger charge is 2.69. The minimum Gasteiger partial charge on any atom is -0.481 e. The van der Waals surface area contributed by atoms with Crippen molar-refractivity contribution in [2.24, 2.45) is 11.1 Å². The molecule has 3 unspecified atom stereocenters. The fraction of sp³-hybridized carbons (Fsp3) is 0.333. The molecule has 2 aliphatic heterocycles. The first-order chi connectivity index (χ1) is 12.9. The summed E-state index contributed by atoms with van der Waals surface area (Å²) in [5.41, 5.74) is 6.69. The molecule has 0 radical (unpaired) electrons. The van der Waals surface area contributed by atoms with Gasteiger partial charge in [-0.2, -0.15) is 0 Å². The highest BCUT2D eigenvalue weighted by atomic mass is 32.2. The van der Waals surface area contributed by atoms with Gasteiger partial charge < -0.3 is 15.7 Å². The lowest BCUT2D eigenvalue weighted by molar-refractivity contribution is -0.166. The molecule has 3 N–H and O–H groups in total. The van der Waals surface area contributed by atoms with Crippen LogP contribution in [0.25, 0.3) is 0 Å². The van der Waals surface area contributed by atoms with Gasteiger partial charge in [0.1, 0.15) is 16.8 Å². The van der Waals surface area contributed by atoms with E-state index in [1.807, 2.05) is 67.6 Å². The Morgan fingerprint density at radius 2 is 1.56 bits per heavy atom. The highest BCUT2D eigenvalue weighted by molar-refractivity contribution is 8.01. The Bertz CT molecular complexity index is 849. The monoisotopic (exact) mass is 382 g/mol. The molecular formula is C21H22N2O3S. The van der Waals surface area contributed by atoms with Crippen molar-refractivity contribution in [2.45, 2.75) is 36.1 Å². The Morgan fingerprint density at radius 3 is 2.00 bits per heavy atom. The van der Waals surface area contributed by atoms with Gasteiger partial charge in [0, 0.05) is 6.04 Å². The number of amides is 1. The zero-order chi connectivity index (χ0) is 19.4. The van der Waals surface area contributed by atoms with E-state index in [1.54, 1.807) is 11.8 Å². The van der Waals surface area contributed by atoms with Gasteiger partial charge in [0.2, 0.25) is 5.91 Å². The molecule has 2 saturated heterocycles. The van der Waals surface area contributed by atoms with Crippen molar-refractivity contribution < 1.29 is 14.7 Å². The number of carbonyl (C=O) groups excluding carboxylic acids is 1. The number of rotatable bonds is 3. The number of hydrogen-bond acceptors (Lipinski definition) is 4. The number of benzene rings is 2. The standard InChI is InChI=1S/C21H22N2O3S/c1-13-20(2,19(25)26)21(14-9-5-3-6-10-14,15-11-7-4-8-12-15)27-18-16(22)17(24)23(13)18/h3-13,16,18H,22H2,1-2H3,(H,25,26)/t13?,16?,18-,20?/m1/s1. The fourth-order valence-electron chi connectivity index (χ4n) is 4.51. The summed E-state index contributed by atoms with van der Waals surface area (Å²) in [6.45, 7) is 3.57. The number of thioether (sulfide) groups is 1. The highest BCUT2D eigenvalue weighted by Crippen LogP contribution is 2.64. The Hall–Kier alpha value is -2.31. The third-order valence-corrected chi connectivity index (χ3v) is 8.22. The van der Waals surface area contributed by atoms with Crippen LogP contribution in [0.15, 0.2) is 60.7 Å². The van der Waals surface area contributed by atoms with Crippen LogP contribution in [0, 0.1) is 5.41 Å². The molecule has 0 bridgehead atoms. The Labute approximate surface area is 162 Å². The molecule has 0 spiro atoms. The summed E-state index contributed by atoms with van der Waals surface area (Å²) in [7, 11) is 0. The van der Waals surface area contributed by atoms with Crippen molar-refractivity contribution in [1.82, 2.24) is 4.90 Å². The maximum Gasteiger partial charge on any atom is 0.313 e. The molecule has 0 aromatic heterocycles. The zero-order valence-electron chi connectivity index (χ0n) is 15.2. The summed E-state index contributed by atoms with van der Waals surface area (Å²) in [4.78, 5) is 26.8. The number of β-lactam (4-membered cyclic amide) rings is 1. The molecule has 140 valence electrons. The molecule has 2 fully saturated rings. The van der Waals surface area contributed by atoms with Gasteiger partial charge in [-0.05, 0) is 25.0 Å². The molecule has 2 aromatic rings. The first-order valence-electron chi connectivity index (χ1n) is 8.95. The van der Waals surface area contributed by atoms with E-state index < -0.39 is 28.2 Å². The van der Waals surface area contributed by atoms with E-state index in [9.17, 15) is 14.7 Å². The topological polar surface area (TPSA) is 83.6 Å². The van der Waals surface area contributed by atoms with Crippen molar-refractivity contribution in [3.05, 3.63) is 71.8 Å². The summed E-state index contributed by atoms with van der Waals surface area (Å²) in [5.74, 6) is -1.11. The predicted molar refractivity (Wildman–Crippen MR) is 105 cm³/mol. The van der Waals surface area contributed by atoms with E-state index in [2.05, 4.69) is 0 Å². The third-order valence-electron chi connectivity index (χ3n) is 6.21. The molecule has 5 nitrogen and oxygen atoms in total. The van der Waals surface area contributed by atoms with Crippen molar-refractivity contribution in [2.75, 3.05) is 0 Å². The van der Waals surface area contributed by atoms with Crippen LogP contribution in [0.1, 0.15) is 25.0 Å². The fourth-order valence-corrected chi connectivity index (χ4v) is 6.58. The molecule has 2 heterocycles. The van der Waals surface area contributed by atoms with Gasteiger partial charge in [-0.1, -0.05) is 60.7 Å². The maximum absolute atomic E-state index is 12.7. The molecule has 27 heavy (non-hydrogen) atoms. The number of fused-ring (bicyclic) bond motifs is 1. The van der Waals surface area contributed by atoms with Crippen LogP contribution in [-0.2, 0) is 14.3 Å². The number of carbonyl (C=O) groups is 2. The molecule has 1 amide bonds. The third kappa shape index (κ3) is 2.17. The Morgan fingerprint density at radius 1 is 1.07 bits per heavy atom. The maximum atomic E-state index is 12.7. The Balaban J connectivity index is 2.03. The van der Waals surface area contributed by atoms with E-state index in [4.69, 9.17) is 5.73 Å². The van der Waals surface area contributed by atoms with Gasteiger partial charge in [-0.25, -0.2) is 0 Å². The average Bonchev–Trinajstić information content (AvgIpc) is 2.70. The number of carboxylic acid groups (broad SMARTS) is 1. The van der Waals surface area contributed by atoms with E-state index in [1.165, 1.54) is 11.8 Å². The second-order valence-corrected chi connectivity index (χ2v) is 8.71. The van der Waals surface area contributed by atoms with Gasteiger partial charge in [-0.15, -0.1) is 11.8 Å². The lowest BCUT2D eigenvalue weighted by Crippen LogP contribution is -2.78. The Kier molecular flexibility index (Phi) is 4.09. The molecule has 4 atom stereocenters. The molecule has 4 rings (SSSR count). The van der Waals surface area contributed by atoms with Crippen molar-refractivity contribution in [3.8, 4) is 0 Å². The van der Waals surface area contributed by atoms with Gasteiger partial charge in [0.05, 0.1) is 4.75 Å². The molecule has 2 aromatic carbocycles. The van der Waals surface area contributed by atoms with Crippen molar-refractivity contribution in [1.29, 1.82) is 0 Å². The second kappa shape index (κ2) is 6.11. The average molecular weight is 382 g/mol. The summed E-state index contributed by atoms with van der Waals surface area (Å²) >= 11 is 1.49. The van der Waals surface area contributed by atoms with Crippen LogP contribution in [0.3, 0.4) is 0 Å². The number of hydrogen-bond donors (Lipinski definition) is 2. The van der Waals surface area contributed by atoms with Crippen LogP contribution >= 0.6 is 11.8 Å². The van der Waals surface area contributed by atoms with Gasteiger partial charge in [0.25, 0.3) is 0 Å². The largest absolute Gasteiger partial charge is 0.481 e. The van der Waals surface area contributed by atoms with Crippen LogP contribution in [0.4, 0.5) is 0 Å². The molecule has 0 aliphatic carbocycles. The normalized spacial score (nSPS) is 31.7. The summed E-state index contributed by atoms with van der Waals surface area (Å²) in [5, 5.41) is 10.2. The minimum absolute atomic E-state index is 0.179. The molecule has 2 aliphatic rings. The van der Waals surface area contributed by atoms with E-state index >= 15 is 0 Å². The first kappa shape index (κ1) is 18.1. The van der Waals surface area contributed by atoms with E-state index in [0.29, 0.717) is 0 Å². The minimum atomic E-state index is -1.24. The lowest BCUT2D eigenvalue weighted by Gasteiger charge is -2.64. The van der Waals surface area contributed by atoms with Crippen molar-refractivity contribution >= 4 is 23.6 Å². The first-order valence-corrected chi connectivity index (χ1v) is 9.83. The molecular weight excluding hydrogens is 360 g/mol. The number of carboxylic acids is 1. The zero-order valence-corrected chi connectivity index (χ0v) is 16.0. The van der Waals surface area contributed by atoms with Gasteiger partial charge >= 0.3 is 5.97 Å². The van der Waals surface area contributed by atoms with Crippen LogP contribution in [0.5, 0.6) is 0 Å². The molecule has 0 saturated carbocycles. The molecule has 6 heteroatoms. The van der Waals surface area contributed by atoms with E-state index in [-0.39, 0.29) is 11.3 Å². The lowest BCUT2D eigenvalue weighted by atomic mass is 9.64. The summed E-state index contributed by atoms with van der Waals surface area (Å²) in [6.07, 6.45) is 0. The number of nitrogens with two attached hydrogens (primary N) is 1. The van der Waals surface area contributed by atoms with E-state index in [0.717, 1.165) is 11.1 Å². The second-order valence-electron chi connectivity index (χ2n) is 7.38.